The van der Waals surface area contributed by atoms with Gasteiger partial charge in [0.25, 0.3) is 0 Å². The largest absolute Gasteiger partial charge is 0.433 e. The second kappa shape index (κ2) is 10.3. The van der Waals surface area contributed by atoms with Crippen LogP contribution in [0.25, 0.3) is 6.08 Å². The van der Waals surface area contributed by atoms with Crippen molar-refractivity contribution >= 4 is 27.7 Å². The lowest BCUT2D eigenvalue weighted by molar-refractivity contribution is -0.141. The summed E-state index contributed by atoms with van der Waals surface area (Å²) >= 11 is 0. The number of alkyl halides is 3. The summed E-state index contributed by atoms with van der Waals surface area (Å²) in [5, 5.41) is 2.39. The molecule has 1 amide bonds. The topological polar surface area (TPSA) is 88.2 Å². The van der Waals surface area contributed by atoms with Crippen LogP contribution in [0, 0.1) is 11.6 Å². The molecule has 2 rings (SSSR count). The molecule has 0 spiro atoms. The number of hydrogen-bond donors (Lipinski definition) is 2. The van der Waals surface area contributed by atoms with E-state index in [1.165, 1.54) is 12.1 Å². The molecule has 0 radical (unpaired) electrons. The fraction of sp³-hybridized carbons (Fsp3) is 0.333. The van der Waals surface area contributed by atoms with E-state index in [2.05, 4.69) is 10.3 Å². The van der Waals surface area contributed by atoms with Crippen LogP contribution in [0.2, 0.25) is 0 Å². The van der Waals surface area contributed by atoms with Crippen molar-refractivity contribution in [1.82, 2.24) is 10.3 Å². The van der Waals surface area contributed by atoms with Gasteiger partial charge in [0.1, 0.15) is 11.4 Å². The zero-order valence-electron chi connectivity index (χ0n) is 17.9. The Morgan fingerprint density at radius 2 is 1.79 bits per heavy atom. The molecule has 1 heterocycles. The Hall–Kier alpha value is -3.02. The van der Waals surface area contributed by atoms with E-state index < -0.39 is 45.1 Å². The van der Waals surface area contributed by atoms with Gasteiger partial charge in [0.2, 0.25) is 15.9 Å². The lowest BCUT2D eigenvalue weighted by Crippen LogP contribution is -2.21. The van der Waals surface area contributed by atoms with Gasteiger partial charge in [0, 0.05) is 12.6 Å². The van der Waals surface area contributed by atoms with Crippen LogP contribution in [0.15, 0.2) is 30.3 Å². The Morgan fingerprint density at radius 1 is 1.18 bits per heavy atom. The third kappa shape index (κ3) is 7.52. The summed E-state index contributed by atoms with van der Waals surface area (Å²) in [5.41, 5.74) is -1.31. The highest BCUT2D eigenvalue weighted by Gasteiger charge is 2.33. The van der Waals surface area contributed by atoms with E-state index in [1.54, 1.807) is 18.6 Å². The Labute approximate surface area is 188 Å². The van der Waals surface area contributed by atoms with Gasteiger partial charge in [0.05, 0.1) is 11.9 Å². The second-order valence-corrected chi connectivity index (χ2v) is 9.09. The second-order valence-electron chi connectivity index (χ2n) is 7.34. The Balaban J connectivity index is 2.15. The summed E-state index contributed by atoms with van der Waals surface area (Å²) in [5.74, 6) is -3.27. The number of anilines is 1. The highest BCUT2D eigenvalue weighted by molar-refractivity contribution is 7.92. The molecule has 180 valence electrons. The maximum atomic E-state index is 14.0. The molecule has 1 aromatic heterocycles. The molecule has 0 fully saturated rings. The molecule has 1 aromatic carbocycles. The first-order valence-corrected chi connectivity index (χ1v) is 11.6. The minimum atomic E-state index is -4.60. The van der Waals surface area contributed by atoms with E-state index in [9.17, 15) is 35.2 Å². The number of nitrogens with one attached hydrogen (secondary N) is 2. The molecule has 0 saturated heterocycles. The molecule has 1 atom stereocenters. The molecule has 2 N–H and O–H groups in total. The van der Waals surface area contributed by atoms with Crippen molar-refractivity contribution in [2.24, 2.45) is 0 Å². The summed E-state index contributed by atoms with van der Waals surface area (Å²) in [6.45, 7) is 3.23. The molecule has 2 aromatic rings. The van der Waals surface area contributed by atoms with Crippen molar-refractivity contribution in [2.45, 2.75) is 38.9 Å². The number of aromatic nitrogens is 1. The van der Waals surface area contributed by atoms with Crippen LogP contribution in [-0.2, 0) is 27.5 Å². The number of benzene rings is 1. The van der Waals surface area contributed by atoms with Gasteiger partial charge in [-0.2, -0.15) is 13.2 Å². The zero-order valence-corrected chi connectivity index (χ0v) is 18.7. The highest BCUT2D eigenvalue weighted by Crippen LogP contribution is 2.31. The van der Waals surface area contributed by atoms with E-state index in [0.29, 0.717) is 12.0 Å². The average molecular weight is 491 g/mol. The monoisotopic (exact) mass is 491 g/mol. The van der Waals surface area contributed by atoms with Crippen LogP contribution >= 0.6 is 0 Å². The zero-order chi connectivity index (χ0) is 25.0. The van der Waals surface area contributed by atoms with Crippen molar-refractivity contribution in [1.29, 1.82) is 0 Å². The van der Waals surface area contributed by atoms with Gasteiger partial charge in [-0.05, 0) is 47.7 Å². The van der Waals surface area contributed by atoms with E-state index in [1.807, 2.05) is 0 Å². The first kappa shape index (κ1) is 26.2. The number of carbonyl (C=O) groups is 1. The van der Waals surface area contributed by atoms with Crippen molar-refractivity contribution in [3.8, 4) is 0 Å². The number of rotatable bonds is 8. The standard InChI is InChI=1S/C21H22F5N3O3S/c1-4-12(2)19-14(5-7-17(28-19)21(24,25)26)6-8-18(30)27-11-13-9-15(22)20(16(23)10-13)29-33(3,31)32/h5-10,12,29H,4,11H2,1-3H3,(H,27,30)/b8-6+. The number of sulfonamides is 1. The van der Waals surface area contributed by atoms with E-state index in [4.69, 9.17) is 0 Å². The first-order valence-electron chi connectivity index (χ1n) is 9.71. The maximum Gasteiger partial charge on any atom is 0.433 e. The predicted molar refractivity (Wildman–Crippen MR) is 114 cm³/mol. The van der Waals surface area contributed by atoms with Crippen molar-refractivity contribution in [3.05, 3.63) is 64.5 Å². The summed E-state index contributed by atoms with van der Waals surface area (Å²) < 4.78 is 91.1. The lowest BCUT2D eigenvalue weighted by atomic mass is 9.98. The Kier molecular flexibility index (Phi) is 8.17. The molecule has 0 aliphatic rings. The molecule has 6 nitrogen and oxygen atoms in total. The minimum Gasteiger partial charge on any atom is -0.348 e. The summed E-state index contributed by atoms with van der Waals surface area (Å²) in [6, 6.07) is 3.77. The fourth-order valence-corrected chi connectivity index (χ4v) is 3.36. The van der Waals surface area contributed by atoms with Gasteiger partial charge in [-0.25, -0.2) is 22.2 Å². The summed E-state index contributed by atoms with van der Waals surface area (Å²) in [6.07, 6.45) is -0.945. The Morgan fingerprint density at radius 3 is 2.30 bits per heavy atom. The van der Waals surface area contributed by atoms with Crippen molar-refractivity contribution in [3.63, 3.8) is 0 Å². The van der Waals surface area contributed by atoms with Gasteiger partial charge in [-0.3, -0.25) is 9.52 Å². The van der Waals surface area contributed by atoms with Gasteiger partial charge in [-0.15, -0.1) is 0 Å². The SMILES string of the molecule is CCC(C)c1nc(C(F)(F)F)ccc1/C=C/C(=O)NCc1cc(F)c(NS(C)(=O)=O)c(F)c1. The van der Waals surface area contributed by atoms with Crippen molar-refractivity contribution in [2.75, 3.05) is 11.0 Å². The summed E-state index contributed by atoms with van der Waals surface area (Å²) in [7, 11) is -3.89. The minimum absolute atomic E-state index is 0.0299. The molecule has 0 aliphatic carbocycles. The third-order valence-electron chi connectivity index (χ3n) is 4.60. The van der Waals surface area contributed by atoms with Crippen LogP contribution in [0.3, 0.4) is 0 Å². The lowest BCUT2D eigenvalue weighted by Gasteiger charge is -2.15. The Bertz CT molecular complexity index is 1140. The van der Waals surface area contributed by atoms with E-state index >= 15 is 0 Å². The molecular weight excluding hydrogens is 469 g/mol. The van der Waals surface area contributed by atoms with E-state index in [0.717, 1.165) is 30.5 Å². The molecular formula is C21H22F5N3O3S. The number of pyridine rings is 1. The molecule has 0 aliphatic heterocycles. The van der Waals surface area contributed by atoms with Crippen LogP contribution in [-0.4, -0.2) is 25.6 Å². The molecule has 0 bridgehead atoms. The average Bonchev–Trinajstić information content (AvgIpc) is 2.71. The first-order chi connectivity index (χ1) is 15.2. The van der Waals surface area contributed by atoms with E-state index in [-0.39, 0.29) is 23.7 Å². The predicted octanol–water partition coefficient (Wildman–Crippen LogP) is 4.59. The highest BCUT2D eigenvalue weighted by atomic mass is 32.2. The number of halogens is 5. The number of nitrogens with zero attached hydrogens (tertiary/aromatic N) is 1. The van der Waals surface area contributed by atoms with Crippen LogP contribution in [0.5, 0.6) is 0 Å². The molecule has 12 heteroatoms. The maximum absolute atomic E-state index is 14.0. The smallest absolute Gasteiger partial charge is 0.348 e. The summed E-state index contributed by atoms with van der Waals surface area (Å²) in [4.78, 5) is 15.8. The van der Waals surface area contributed by atoms with Crippen LogP contribution < -0.4 is 10.0 Å². The van der Waals surface area contributed by atoms with Crippen LogP contribution in [0.4, 0.5) is 27.6 Å². The van der Waals surface area contributed by atoms with Gasteiger partial charge < -0.3 is 5.32 Å². The van der Waals surface area contributed by atoms with Crippen LogP contribution in [0.1, 0.15) is 48.7 Å². The number of carbonyl (C=O) groups excluding carboxylic acids is 1. The van der Waals surface area contributed by atoms with Gasteiger partial charge in [0.15, 0.2) is 11.6 Å². The molecule has 0 saturated carbocycles. The normalized spacial score (nSPS) is 13.2. The molecule has 33 heavy (non-hydrogen) atoms. The quantitative estimate of drug-likeness (QED) is 0.418. The van der Waals surface area contributed by atoms with Gasteiger partial charge in [-0.1, -0.05) is 19.9 Å². The fourth-order valence-electron chi connectivity index (χ4n) is 2.80. The molecule has 1 unspecified atom stereocenters. The number of hydrogen-bond acceptors (Lipinski definition) is 4. The van der Waals surface area contributed by atoms with Gasteiger partial charge >= 0.3 is 6.18 Å². The van der Waals surface area contributed by atoms with Crippen molar-refractivity contribution < 1.29 is 35.2 Å². The number of amides is 1. The third-order valence-corrected chi connectivity index (χ3v) is 5.17.